The molecule has 4 unspecified atom stereocenters. The van der Waals surface area contributed by atoms with Crippen LogP contribution < -0.4 is 16.4 Å². The average molecular weight is 479 g/mol. The van der Waals surface area contributed by atoms with Crippen LogP contribution in [0.25, 0.3) is 0 Å². The standard InChI is InChI=1S/C22H30N4O8/c23-14(11-13-5-2-1-3-6-13)21(32)26-10-4-7-17(26)20(31)25-16(12-27)19(30)24-15(22(33)34)8-9-18(28)29/h1-3,5-6,14-17,27H,4,7-12,23H2,(H,24,30)(H,25,31)(H,28,29)(H,33,34). The lowest BCUT2D eigenvalue weighted by molar-refractivity contribution is -0.144. The van der Waals surface area contributed by atoms with Crippen molar-refractivity contribution in [2.45, 2.75) is 56.3 Å². The third-order valence-corrected chi connectivity index (χ3v) is 5.53. The number of hydrogen-bond acceptors (Lipinski definition) is 7. The van der Waals surface area contributed by atoms with Crippen molar-refractivity contribution in [1.29, 1.82) is 0 Å². The zero-order valence-electron chi connectivity index (χ0n) is 18.6. The average Bonchev–Trinajstić information content (AvgIpc) is 3.29. The van der Waals surface area contributed by atoms with Crippen molar-refractivity contribution in [3.63, 3.8) is 0 Å². The van der Waals surface area contributed by atoms with Crippen LogP contribution in [0.1, 0.15) is 31.2 Å². The number of aliphatic hydroxyl groups is 1. The highest BCUT2D eigenvalue weighted by molar-refractivity contribution is 5.94. The molecule has 0 bridgehead atoms. The molecule has 1 aromatic carbocycles. The number of aliphatic carboxylic acids is 2. The molecular formula is C22H30N4O8. The minimum Gasteiger partial charge on any atom is -0.481 e. The Bertz CT molecular complexity index is 894. The lowest BCUT2D eigenvalue weighted by Crippen LogP contribution is -2.57. The van der Waals surface area contributed by atoms with Crippen LogP contribution in [0.5, 0.6) is 0 Å². The van der Waals surface area contributed by atoms with Crippen LogP contribution in [0.15, 0.2) is 30.3 Å². The summed E-state index contributed by atoms with van der Waals surface area (Å²) in [4.78, 5) is 61.4. The number of likely N-dealkylation sites (tertiary alicyclic amines) is 1. The Hall–Kier alpha value is -3.51. The fraction of sp³-hybridized carbons (Fsp3) is 0.500. The van der Waals surface area contributed by atoms with E-state index in [0.717, 1.165) is 5.56 Å². The smallest absolute Gasteiger partial charge is 0.326 e. The Balaban J connectivity index is 1.99. The maximum Gasteiger partial charge on any atom is 0.326 e. The van der Waals surface area contributed by atoms with Gasteiger partial charge >= 0.3 is 11.9 Å². The van der Waals surface area contributed by atoms with E-state index in [1.54, 1.807) is 0 Å². The van der Waals surface area contributed by atoms with Crippen LogP contribution in [0.2, 0.25) is 0 Å². The maximum atomic E-state index is 12.9. The Kier molecular flexibility index (Phi) is 9.95. The van der Waals surface area contributed by atoms with Crippen LogP contribution >= 0.6 is 0 Å². The highest BCUT2D eigenvalue weighted by Crippen LogP contribution is 2.19. The molecule has 12 heteroatoms. The van der Waals surface area contributed by atoms with E-state index in [1.165, 1.54) is 4.90 Å². The monoisotopic (exact) mass is 478 g/mol. The molecule has 0 aliphatic carbocycles. The summed E-state index contributed by atoms with van der Waals surface area (Å²) in [6, 6.07) is 4.45. The topological polar surface area (TPSA) is 199 Å². The number of carbonyl (C=O) groups excluding carboxylic acids is 3. The summed E-state index contributed by atoms with van der Waals surface area (Å²) in [7, 11) is 0. The first kappa shape index (κ1) is 26.7. The fourth-order valence-electron chi connectivity index (χ4n) is 3.73. The normalized spacial score (nSPS) is 17.9. The van der Waals surface area contributed by atoms with Crippen LogP contribution in [-0.4, -0.2) is 87.2 Å². The van der Waals surface area contributed by atoms with Crippen molar-refractivity contribution in [2.75, 3.05) is 13.2 Å². The first-order valence-electron chi connectivity index (χ1n) is 10.9. The third-order valence-electron chi connectivity index (χ3n) is 5.53. The van der Waals surface area contributed by atoms with Gasteiger partial charge in [-0.15, -0.1) is 0 Å². The predicted octanol–water partition coefficient (Wildman–Crippen LogP) is -1.54. The van der Waals surface area contributed by atoms with E-state index in [-0.39, 0.29) is 6.42 Å². The van der Waals surface area contributed by atoms with Crippen molar-refractivity contribution in [2.24, 2.45) is 5.73 Å². The van der Waals surface area contributed by atoms with Crippen LogP contribution in [0, 0.1) is 0 Å². The van der Waals surface area contributed by atoms with Gasteiger partial charge in [0, 0.05) is 13.0 Å². The maximum absolute atomic E-state index is 12.9. The largest absolute Gasteiger partial charge is 0.481 e. The van der Waals surface area contributed by atoms with E-state index in [1.807, 2.05) is 30.3 Å². The third kappa shape index (κ3) is 7.52. The number of hydrogen-bond donors (Lipinski definition) is 6. The van der Waals surface area contributed by atoms with Gasteiger partial charge < -0.3 is 36.6 Å². The van der Waals surface area contributed by atoms with E-state index in [2.05, 4.69) is 10.6 Å². The minimum absolute atomic E-state index is 0.291. The van der Waals surface area contributed by atoms with Gasteiger partial charge in [0.25, 0.3) is 0 Å². The molecule has 186 valence electrons. The highest BCUT2D eigenvalue weighted by atomic mass is 16.4. The zero-order valence-corrected chi connectivity index (χ0v) is 18.6. The molecule has 0 radical (unpaired) electrons. The Morgan fingerprint density at radius 3 is 2.32 bits per heavy atom. The molecule has 0 aromatic heterocycles. The summed E-state index contributed by atoms with van der Waals surface area (Å²) in [6.45, 7) is -0.511. The summed E-state index contributed by atoms with van der Waals surface area (Å²) in [5.41, 5.74) is 6.95. The van der Waals surface area contributed by atoms with E-state index in [4.69, 9.17) is 10.8 Å². The van der Waals surface area contributed by atoms with Crippen LogP contribution in [0.4, 0.5) is 0 Å². The molecule has 12 nitrogen and oxygen atoms in total. The Morgan fingerprint density at radius 1 is 1.06 bits per heavy atom. The number of carboxylic acids is 2. The second kappa shape index (κ2) is 12.7. The number of carbonyl (C=O) groups is 5. The van der Waals surface area contributed by atoms with Crippen molar-refractivity contribution in [3.8, 4) is 0 Å². The van der Waals surface area contributed by atoms with E-state index < -0.39 is 66.9 Å². The summed E-state index contributed by atoms with van der Waals surface area (Å²) in [5, 5.41) is 31.9. The molecule has 34 heavy (non-hydrogen) atoms. The highest BCUT2D eigenvalue weighted by Gasteiger charge is 2.37. The molecule has 4 atom stereocenters. The molecule has 3 amide bonds. The molecule has 1 aromatic rings. The number of amides is 3. The lowest BCUT2D eigenvalue weighted by atomic mass is 10.0. The van der Waals surface area contributed by atoms with Gasteiger partial charge in [-0.05, 0) is 31.2 Å². The van der Waals surface area contributed by atoms with Crippen molar-refractivity contribution in [1.82, 2.24) is 15.5 Å². The van der Waals surface area contributed by atoms with E-state index in [9.17, 15) is 34.2 Å². The predicted molar refractivity (Wildman–Crippen MR) is 118 cm³/mol. The van der Waals surface area contributed by atoms with Gasteiger partial charge in [0.05, 0.1) is 12.6 Å². The summed E-state index contributed by atoms with van der Waals surface area (Å²) < 4.78 is 0. The molecule has 1 aliphatic rings. The molecule has 1 saturated heterocycles. The van der Waals surface area contributed by atoms with Gasteiger partial charge in [-0.25, -0.2) is 4.79 Å². The molecular weight excluding hydrogens is 448 g/mol. The molecule has 2 rings (SSSR count). The van der Waals surface area contributed by atoms with Crippen molar-refractivity contribution < 1.29 is 39.3 Å². The zero-order chi connectivity index (χ0) is 25.3. The SMILES string of the molecule is NC(Cc1ccccc1)C(=O)N1CCCC1C(=O)NC(CO)C(=O)NC(CCC(=O)O)C(=O)O. The number of nitrogens with one attached hydrogen (secondary N) is 2. The van der Waals surface area contributed by atoms with Crippen LogP contribution in [-0.2, 0) is 30.4 Å². The summed E-state index contributed by atoms with van der Waals surface area (Å²) in [5.74, 6) is -4.75. The quantitative estimate of drug-likeness (QED) is 0.206. The van der Waals surface area contributed by atoms with E-state index in [0.29, 0.717) is 25.8 Å². The number of aliphatic hydroxyl groups excluding tert-OH is 1. The molecule has 1 aliphatic heterocycles. The van der Waals surface area contributed by atoms with Gasteiger partial charge in [-0.2, -0.15) is 0 Å². The summed E-state index contributed by atoms with van der Waals surface area (Å²) >= 11 is 0. The van der Waals surface area contributed by atoms with Crippen molar-refractivity contribution >= 4 is 29.7 Å². The Morgan fingerprint density at radius 2 is 1.74 bits per heavy atom. The number of carboxylic acid groups (broad SMARTS) is 2. The minimum atomic E-state index is -1.50. The van der Waals surface area contributed by atoms with E-state index >= 15 is 0 Å². The van der Waals surface area contributed by atoms with Gasteiger partial charge in [0.1, 0.15) is 18.1 Å². The molecule has 1 heterocycles. The number of nitrogens with zero attached hydrogens (tertiary/aromatic N) is 1. The van der Waals surface area contributed by atoms with Gasteiger partial charge in [0.15, 0.2) is 0 Å². The number of nitrogens with two attached hydrogens (primary N) is 1. The lowest BCUT2D eigenvalue weighted by Gasteiger charge is -2.28. The summed E-state index contributed by atoms with van der Waals surface area (Å²) in [6.07, 6.45) is 0.321. The molecule has 7 N–H and O–H groups in total. The Labute approximate surface area is 196 Å². The molecule has 1 fully saturated rings. The number of rotatable bonds is 12. The fourth-order valence-corrected chi connectivity index (χ4v) is 3.73. The number of benzene rings is 1. The second-order valence-electron chi connectivity index (χ2n) is 8.06. The van der Waals surface area contributed by atoms with Gasteiger partial charge in [-0.3, -0.25) is 19.2 Å². The van der Waals surface area contributed by atoms with Crippen molar-refractivity contribution in [3.05, 3.63) is 35.9 Å². The van der Waals surface area contributed by atoms with Gasteiger partial charge in [-0.1, -0.05) is 30.3 Å². The van der Waals surface area contributed by atoms with Gasteiger partial charge in [0.2, 0.25) is 17.7 Å². The molecule has 0 saturated carbocycles. The first-order valence-corrected chi connectivity index (χ1v) is 10.9. The molecule has 0 spiro atoms. The first-order chi connectivity index (χ1) is 16.1. The second-order valence-corrected chi connectivity index (χ2v) is 8.06. The van der Waals surface area contributed by atoms with Crippen LogP contribution in [0.3, 0.4) is 0 Å².